The van der Waals surface area contributed by atoms with E-state index in [0.717, 1.165) is 24.5 Å². The van der Waals surface area contributed by atoms with Gasteiger partial charge in [0.05, 0.1) is 12.2 Å². The Kier molecular flexibility index (Phi) is 6.86. The summed E-state index contributed by atoms with van der Waals surface area (Å²) in [6.07, 6.45) is 0.890. The third-order valence-electron chi connectivity index (χ3n) is 2.78. The Labute approximate surface area is 114 Å². The Balaban J connectivity index is 2.88. The van der Waals surface area contributed by atoms with E-state index in [-0.39, 0.29) is 0 Å². The van der Waals surface area contributed by atoms with Crippen LogP contribution in [0.25, 0.3) is 0 Å². The molecule has 0 aliphatic carbocycles. The standard InChI is InChI=1S/C14H21N3O2/c1-12-5-6-13(11-15)14(16-12)17(8-10-19-3)7-4-9-18-2/h5-6H,4,7-10H2,1-3H3. The van der Waals surface area contributed by atoms with E-state index in [1.54, 1.807) is 14.2 Å². The first-order valence-corrected chi connectivity index (χ1v) is 6.33. The first-order chi connectivity index (χ1) is 9.22. The number of pyridine rings is 1. The maximum absolute atomic E-state index is 9.18. The van der Waals surface area contributed by atoms with Gasteiger partial charge in [0.25, 0.3) is 0 Å². The summed E-state index contributed by atoms with van der Waals surface area (Å²) in [5, 5.41) is 9.18. The lowest BCUT2D eigenvalue weighted by molar-refractivity contribution is 0.191. The van der Waals surface area contributed by atoms with Crippen molar-refractivity contribution in [3.8, 4) is 6.07 Å². The summed E-state index contributed by atoms with van der Waals surface area (Å²) in [7, 11) is 3.35. The topological polar surface area (TPSA) is 58.4 Å². The number of hydrogen-bond acceptors (Lipinski definition) is 5. The van der Waals surface area contributed by atoms with Gasteiger partial charge in [-0.1, -0.05) is 0 Å². The lowest BCUT2D eigenvalue weighted by Gasteiger charge is -2.24. The van der Waals surface area contributed by atoms with Crippen molar-refractivity contribution in [2.45, 2.75) is 13.3 Å². The number of hydrogen-bond donors (Lipinski definition) is 0. The molecule has 0 bridgehead atoms. The van der Waals surface area contributed by atoms with Gasteiger partial charge in [-0.25, -0.2) is 4.98 Å². The molecule has 0 atom stereocenters. The Morgan fingerprint density at radius 2 is 1.95 bits per heavy atom. The van der Waals surface area contributed by atoms with Gasteiger partial charge in [0.2, 0.25) is 0 Å². The summed E-state index contributed by atoms with van der Waals surface area (Å²) in [5.41, 5.74) is 1.50. The van der Waals surface area contributed by atoms with Gasteiger partial charge in [0.15, 0.2) is 0 Å². The average Bonchev–Trinajstić information content (AvgIpc) is 2.42. The van der Waals surface area contributed by atoms with Crippen LogP contribution in [0.2, 0.25) is 0 Å². The third-order valence-corrected chi connectivity index (χ3v) is 2.78. The molecule has 0 radical (unpaired) electrons. The van der Waals surface area contributed by atoms with Crippen LogP contribution in [0.5, 0.6) is 0 Å². The molecule has 0 saturated carbocycles. The molecule has 1 aromatic heterocycles. The molecule has 0 saturated heterocycles. The minimum Gasteiger partial charge on any atom is -0.385 e. The number of anilines is 1. The second kappa shape index (κ2) is 8.46. The van der Waals surface area contributed by atoms with Gasteiger partial charge in [0.1, 0.15) is 11.9 Å². The predicted octanol–water partition coefficient (Wildman–Crippen LogP) is 1.75. The molecule has 19 heavy (non-hydrogen) atoms. The Bertz CT molecular complexity index is 429. The zero-order valence-corrected chi connectivity index (χ0v) is 11.8. The molecule has 5 heteroatoms. The van der Waals surface area contributed by atoms with Crippen molar-refractivity contribution in [3.63, 3.8) is 0 Å². The second-order valence-corrected chi connectivity index (χ2v) is 4.26. The largest absolute Gasteiger partial charge is 0.385 e. The molecular formula is C14H21N3O2. The number of nitriles is 1. The van der Waals surface area contributed by atoms with Crippen LogP contribution in [0.3, 0.4) is 0 Å². The molecule has 0 aromatic carbocycles. The van der Waals surface area contributed by atoms with E-state index in [1.165, 1.54) is 0 Å². The molecular weight excluding hydrogens is 242 g/mol. The van der Waals surface area contributed by atoms with E-state index < -0.39 is 0 Å². The lowest BCUT2D eigenvalue weighted by Crippen LogP contribution is -2.30. The van der Waals surface area contributed by atoms with Crippen molar-refractivity contribution in [3.05, 3.63) is 23.4 Å². The number of rotatable bonds is 8. The average molecular weight is 263 g/mol. The van der Waals surface area contributed by atoms with Crippen LogP contribution in [0.1, 0.15) is 17.7 Å². The smallest absolute Gasteiger partial charge is 0.146 e. The molecule has 0 spiro atoms. The first kappa shape index (κ1) is 15.4. The summed E-state index contributed by atoms with van der Waals surface area (Å²) in [5.74, 6) is 0.732. The Morgan fingerprint density at radius 1 is 1.21 bits per heavy atom. The second-order valence-electron chi connectivity index (χ2n) is 4.26. The summed E-state index contributed by atoms with van der Waals surface area (Å²) in [6, 6.07) is 5.86. The zero-order chi connectivity index (χ0) is 14.1. The predicted molar refractivity (Wildman–Crippen MR) is 74.3 cm³/mol. The van der Waals surface area contributed by atoms with Gasteiger partial charge in [-0.15, -0.1) is 0 Å². The SMILES string of the molecule is COCCCN(CCOC)c1nc(C)ccc1C#N. The van der Waals surface area contributed by atoms with Crippen molar-refractivity contribution in [2.75, 3.05) is 45.4 Å². The molecule has 5 nitrogen and oxygen atoms in total. The summed E-state index contributed by atoms with van der Waals surface area (Å²) < 4.78 is 10.2. The van der Waals surface area contributed by atoms with Crippen molar-refractivity contribution >= 4 is 5.82 Å². The van der Waals surface area contributed by atoms with E-state index in [2.05, 4.69) is 16.0 Å². The molecule has 1 rings (SSSR count). The van der Waals surface area contributed by atoms with Gasteiger partial charge in [0, 0.05) is 39.6 Å². The molecule has 1 aromatic rings. The van der Waals surface area contributed by atoms with Gasteiger partial charge in [-0.2, -0.15) is 5.26 Å². The van der Waals surface area contributed by atoms with E-state index >= 15 is 0 Å². The van der Waals surface area contributed by atoms with Crippen LogP contribution in [-0.4, -0.2) is 45.5 Å². The fraction of sp³-hybridized carbons (Fsp3) is 0.571. The lowest BCUT2D eigenvalue weighted by atomic mass is 10.2. The van der Waals surface area contributed by atoms with E-state index in [0.29, 0.717) is 25.3 Å². The fourth-order valence-electron chi connectivity index (χ4n) is 1.80. The molecule has 1 heterocycles. The molecule has 104 valence electrons. The summed E-state index contributed by atoms with van der Waals surface area (Å²) >= 11 is 0. The minimum atomic E-state index is 0.596. The summed E-state index contributed by atoms with van der Waals surface area (Å²) in [6.45, 7) is 4.73. The molecule has 0 N–H and O–H groups in total. The van der Waals surface area contributed by atoms with E-state index in [1.807, 2.05) is 19.1 Å². The van der Waals surface area contributed by atoms with Crippen LogP contribution in [0.15, 0.2) is 12.1 Å². The fourth-order valence-corrected chi connectivity index (χ4v) is 1.80. The van der Waals surface area contributed by atoms with Gasteiger partial charge in [-0.3, -0.25) is 0 Å². The molecule has 0 aliphatic rings. The van der Waals surface area contributed by atoms with Crippen LogP contribution in [0.4, 0.5) is 5.82 Å². The van der Waals surface area contributed by atoms with Crippen molar-refractivity contribution in [1.29, 1.82) is 5.26 Å². The van der Waals surface area contributed by atoms with Crippen LogP contribution < -0.4 is 4.90 Å². The van der Waals surface area contributed by atoms with E-state index in [4.69, 9.17) is 9.47 Å². The minimum absolute atomic E-state index is 0.596. The van der Waals surface area contributed by atoms with Crippen molar-refractivity contribution < 1.29 is 9.47 Å². The van der Waals surface area contributed by atoms with Gasteiger partial charge in [-0.05, 0) is 25.5 Å². The van der Waals surface area contributed by atoms with Gasteiger partial charge < -0.3 is 14.4 Å². The highest BCUT2D eigenvalue weighted by Gasteiger charge is 2.13. The molecule has 0 amide bonds. The van der Waals surface area contributed by atoms with E-state index in [9.17, 15) is 5.26 Å². The third kappa shape index (κ3) is 4.86. The number of methoxy groups -OCH3 is 2. The molecule has 0 aliphatic heterocycles. The number of nitrogens with zero attached hydrogens (tertiary/aromatic N) is 3. The zero-order valence-electron chi connectivity index (χ0n) is 11.8. The summed E-state index contributed by atoms with van der Waals surface area (Å²) in [4.78, 5) is 6.56. The number of aromatic nitrogens is 1. The highest BCUT2D eigenvalue weighted by molar-refractivity contribution is 5.54. The number of aryl methyl sites for hydroxylation is 1. The van der Waals surface area contributed by atoms with Crippen LogP contribution in [-0.2, 0) is 9.47 Å². The normalized spacial score (nSPS) is 10.2. The highest BCUT2D eigenvalue weighted by Crippen LogP contribution is 2.18. The Morgan fingerprint density at radius 3 is 2.58 bits per heavy atom. The van der Waals surface area contributed by atoms with Crippen LogP contribution >= 0.6 is 0 Å². The Hall–Kier alpha value is -1.64. The maximum atomic E-state index is 9.18. The number of ether oxygens (including phenoxy) is 2. The highest BCUT2D eigenvalue weighted by atomic mass is 16.5. The van der Waals surface area contributed by atoms with Gasteiger partial charge >= 0.3 is 0 Å². The maximum Gasteiger partial charge on any atom is 0.146 e. The first-order valence-electron chi connectivity index (χ1n) is 6.33. The van der Waals surface area contributed by atoms with Crippen molar-refractivity contribution in [1.82, 2.24) is 4.98 Å². The monoisotopic (exact) mass is 263 g/mol. The van der Waals surface area contributed by atoms with Crippen LogP contribution in [0, 0.1) is 18.3 Å². The quantitative estimate of drug-likeness (QED) is 0.669. The molecule has 0 unspecified atom stereocenters. The van der Waals surface area contributed by atoms with Crippen molar-refractivity contribution in [2.24, 2.45) is 0 Å². The molecule has 0 fully saturated rings.